The van der Waals surface area contributed by atoms with E-state index in [2.05, 4.69) is 41.2 Å². The first-order valence-corrected chi connectivity index (χ1v) is 11.3. The Hall–Kier alpha value is -3.80. The number of allylic oxidation sites excluding steroid dienone is 2. The predicted octanol–water partition coefficient (Wildman–Crippen LogP) is 4.85. The highest BCUT2D eigenvalue weighted by Gasteiger charge is 2.29. The number of anilines is 1. The number of carbonyl (C=O) groups excluding carboxylic acids is 1. The standard InChI is InChI=1S/C27H28N4O2/c1-20-11-12-21(23-8-4-6-10-26(23)33-2)15-30-16-22-7-3-5-9-24(22)31(17-25(20)30)27(32)18-29-14-13-28-19-29/h3-10,13-15,19H,11-12,16-18H2,1-2H3. The minimum Gasteiger partial charge on any atom is -0.496 e. The van der Waals surface area contributed by atoms with Crippen molar-refractivity contribution in [2.45, 2.75) is 32.9 Å². The second-order valence-corrected chi connectivity index (χ2v) is 8.55. The molecule has 5 rings (SSSR count). The van der Waals surface area contributed by atoms with E-state index in [1.807, 2.05) is 46.0 Å². The van der Waals surface area contributed by atoms with E-state index >= 15 is 0 Å². The van der Waals surface area contributed by atoms with Gasteiger partial charge in [-0.3, -0.25) is 4.79 Å². The lowest BCUT2D eigenvalue weighted by Crippen LogP contribution is -2.36. The number of para-hydroxylation sites is 2. The number of amides is 1. The van der Waals surface area contributed by atoms with Crippen molar-refractivity contribution < 1.29 is 9.53 Å². The van der Waals surface area contributed by atoms with Crippen molar-refractivity contribution in [3.63, 3.8) is 0 Å². The summed E-state index contributed by atoms with van der Waals surface area (Å²) in [7, 11) is 1.72. The number of ether oxygens (including phenoxy) is 1. The summed E-state index contributed by atoms with van der Waals surface area (Å²) >= 11 is 0. The SMILES string of the molecule is COc1ccccc1C1=CN2Cc3ccccc3N(C(=O)Cn3ccnc3)CC2=C(C)CC1. The summed E-state index contributed by atoms with van der Waals surface area (Å²) in [6, 6.07) is 16.4. The molecule has 0 saturated carbocycles. The van der Waals surface area contributed by atoms with Gasteiger partial charge in [-0.25, -0.2) is 4.98 Å². The molecule has 6 heteroatoms. The maximum atomic E-state index is 13.4. The van der Waals surface area contributed by atoms with Crippen LogP contribution in [0.25, 0.3) is 5.57 Å². The van der Waals surface area contributed by atoms with Crippen molar-refractivity contribution in [1.29, 1.82) is 0 Å². The molecule has 1 aromatic heterocycles. The minimum atomic E-state index is 0.0563. The van der Waals surface area contributed by atoms with Crippen molar-refractivity contribution in [3.8, 4) is 5.75 Å². The van der Waals surface area contributed by atoms with Gasteiger partial charge in [-0.05, 0) is 43.0 Å². The maximum absolute atomic E-state index is 13.4. The second-order valence-electron chi connectivity index (χ2n) is 8.55. The fraction of sp³-hybridized carbons (Fsp3) is 0.259. The quantitative estimate of drug-likeness (QED) is 0.582. The van der Waals surface area contributed by atoms with Crippen molar-refractivity contribution in [2.24, 2.45) is 0 Å². The molecule has 0 spiro atoms. The molecule has 168 valence electrons. The van der Waals surface area contributed by atoms with Gasteiger partial charge >= 0.3 is 0 Å². The molecule has 0 unspecified atom stereocenters. The Morgan fingerprint density at radius 3 is 2.70 bits per heavy atom. The number of imidazole rings is 1. The molecule has 2 aliphatic heterocycles. The van der Waals surface area contributed by atoms with Crippen LogP contribution in [0, 0.1) is 0 Å². The largest absolute Gasteiger partial charge is 0.496 e. The molecule has 0 N–H and O–H groups in total. The normalized spacial score (nSPS) is 15.9. The summed E-state index contributed by atoms with van der Waals surface area (Å²) in [5.41, 5.74) is 6.98. The molecule has 0 fully saturated rings. The first-order valence-electron chi connectivity index (χ1n) is 11.3. The van der Waals surface area contributed by atoms with E-state index in [9.17, 15) is 4.79 Å². The molecule has 3 aromatic rings. The molecular formula is C27H28N4O2. The molecule has 3 heterocycles. The van der Waals surface area contributed by atoms with Gasteiger partial charge in [-0.1, -0.05) is 42.0 Å². The fourth-order valence-corrected chi connectivity index (χ4v) is 4.69. The third-order valence-electron chi connectivity index (χ3n) is 6.48. The van der Waals surface area contributed by atoms with Crippen molar-refractivity contribution >= 4 is 17.2 Å². The van der Waals surface area contributed by atoms with Crippen molar-refractivity contribution in [1.82, 2.24) is 14.5 Å². The lowest BCUT2D eigenvalue weighted by molar-refractivity contribution is -0.119. The number of hydrogen-bond acceptors (Lipinski definition) is 4. The first kappa shape index (κ1) is 21.1. The number of rotatable bonds is 4. The van der Waals surface area contributed by atoms with Gasteiger partial charge in [-0.15, -0.1) is 0 Å². The van der Waals surface area contributed by atoms with Gasteiger partial charge in [0, 0.05) is 42.1 Å². The number of fused-ring (bicyclic) bond motifs is 2. The average molecular weight is 441 g/mol. The van der Waals surface area contributed by atoms with Crippen LogP contribution >= 0.6 is 0 Å². The van der Waals surface area contributed by atoms with E-state index in [-0.39, 0.29) is 12.5 Å². The molecule has 1 amide bonds. The lowest BCUT2D eigenvalue weighted by atomic mass is 9.99. The summed E-state index contributed by atoms with van der Waals surface area (Å²) in [6.07, 6.45) is 9.34. The van der Waals surface area contributed by atoms with Crippen LogP contribution < -0.4 is 9.64 Å². The summed E-state index contributed by atoms with van der Waals surface area (Å²) in [4.78, 5) is 21.8. The second kappa shape index (κ2) is 8.98. The Morgan fingerprint density at radius 2 is 1.88 bits per heavy atom. The zero-order valence-corrected chi connectivity index (χ0v) is 19.1. The Balaban J connectivity index is 1.55. The van der Waals surface area contributed by atoms with Crippen LogP contribution in [0.2, 0.25) is 0 Å². The van der Waals surface area contributed by atoms with Crippen LogP contribution in [0.1, 0.15) is 30.9 Å². The van der Waals surface area contributed by atoms with Gasteiger partial charge in [-0.2, -0.15) is 0 Å². The van der Waals surface area contributed by atoms with Gasteiger partial charge in [0.05, 0.1) is 20.0 Å². The fourth-order valence-electron chi connectivity index (χ4n) is 4.69. The number of carbonyl (C=O) groups is 1. The average Bonchev–Trinajstić information content (AvgIpc) is 3.22. The van der Waals surface area contributed by atoms with E-state index in [1.165, 1.54) is 16.8 Å². The van der Waals surface area contributed by atoms with Crippen LogP contribution in [-0.4, -0.2) is 34.0 Å². The third kappa shape index (κ3) is 4.16. The molecule has 0 atom stereocenters. The monoisotopic (exact) mass is 440 g/mol. The Kier molecular flexibility index (Phi) is 5.73. The van der Waals surface area contributed by atoms with E-state index in [0.29, 0.717) is 6.54 Å². The third-order valence-corrected chi connectivity index (χ3v) is 6.48. The number of nitrogens with zero attached hydrogens (tertiary/aromatic N) is 4. The molecule has 0 saturated heterocycles. The molecule has 2 aliphatic rings. The van der Waals surface area contributed by atoms with Crippen molar-refractivity contribution in [3.05, 3.63) is 95.8 Å². The van der Waals surface area contributed by atoms with Gasteiger partial charge in [0.2, 0.25) is 5.91 Å². The Labute approximate surface area is 194 Å². The van der Waals surface area contributed by atoms with Crippen LogP contribution in [0.5, 0.6) is 5.75 Å². The lowest BCUT2D eigenvalue weighted by Gasteiger charge is -2.26. The van der Waals surface area contributed by atoms with E-state index in [1.54, 1.807) is 19.6 Å². The number of hydrogen-bond donors (Lipinski definition) is 0. The van der Waals surface area contributed by atoms with Crippen LogP contribution in [0.15, 0.2) is 84.7 Å². The highest BCUT2D eigenvalue weighted by molar-refractivity contribution is 5.94. The molecule has 0 bridgehead atoms. The molecular weight excluding hydrogens is 412 g/mol. The zero-order chi connectivity index (χ0) is 22.8. The Morgan fingerprint density at radius 1 is 1.06 bits per heavy atom. The molecule has 0 radical (unpaired) electrons. The van der Waals surface area contributed by atoms with Crippen LogP contribution in [0.3, 0.4) is 0 Å². The van der Waals surface area contributed by atoms with E-state index in [4.69, 9.17) is 4.74 Å². The van der Waals surface area contributed by atoms with E-state index in [0.717, 1.165) is 42.0 Å². The zero-order valence-electron chi connectivity index (χ0n) is 19.1. The van der Waals surface area contributed by atoms with Crippen molar-refractivity contribution in [2.75, 3.05) is 18.6 Å². The molecule has 0 aliphatic carbocycles. The predicted molar refractivity (Wildman–Crippen MR) is 129 cm³/mol. The summed E-state index contributed by atoms with van der Waals surface area (Å²) in [6.45, 7) is 3.72. The maximum Gasteiger partial charge on any atom is 0.247 e. The molecule has 2 aromatic carbocycles. The first-order chi connectivity index (χ1) is 16.1. The molecule has 6 nitrogen and oxygen atoms in total. The summed E-state index contributed by atoms with van der Waals surface area (Å²) < 4.78 is 7.47. The van der Waals surface area contributed by atoms with Crippen LogP contribution in [-0.2, 0) is 17.9 Å². The van der Waals surface area contributed by atoms with Gasteiger partial charge < -0.3 is 19.1 Å². The highest BCUT2D eigenvalue weighted by Crippen LogP contribution is 2.38. The van der Waals surface area contributed by atoms with Gasteiger partial charge in [0.1, 0.15) is 12.3 Å². The highest BCUT2D eigenvalue weighted by atomic mass is 16.5. The molecule has 33 heavy (non-hydrogen) atoms. The van der Waals surface area contributed by atoms with Gasteiger partial charge in [0.25, 0.3) is 0 Å². The topological polar surface area (TPSA) is 50.6 Å². The number of methoxy groups -OCH3 is 1. The summed E-state index contributed by atoms with van der Waals surface area (Å²) in [5, 5.41) is 0. The smallest absolute Gasteiger partial charge is 0.247 e. The van der Waals surface area contributed by atoms with Crippen LogP contribution in [0.4, 0.5) is 5.69 Å². The van der Waals surface area contributed by atoms with E-state index < -0.39 is 0 Å². The Bertz CT molecular complexity index is 1230. The minimum absolute atomic E-state index is 0.0563. The number of aromatic nitrogens is 2. The van der Waals surface area contributed by atoms with Gasteiger partial charge in [0.15, 0.2) is 0 Å². The number of benzene rings is 2. The summed E-state index contributed by atoms with van der Waals surface area (Å²) in [5.74, 6) is 0.943.